The van der Waals surface area contributed by atoms with Crippen LogP contribution in [0.4, 0.5) is 0 Å². The molecule has 0 radical (unpaired) electrons. The fraction of sp³-hybridized carbons (Fsp3) is 0.450. The van der Waals surface area contributed by atoms with E-state index in [0.29, 0.717) is 6.42 Å². The molecule has 1 fully saturated rings. The molecule has 5 nitrogen and oxygen atoms in total. The summed E-state index contributed by atoms with van der Waals surface area (Å²) in [5.74, 6) is 0.984. The van der Waals surface area contributed by atoms with Crippen molar-refractivity contribution in [3.8, 4) is 0 Å². The Labute approximate surface area is 149 Å². The Bertz CT molecular complexity index is 702. The molecule has 1 saturated heterocycles. The molecule has 0 unspecified atom stereocenters. The van der Waals surface area contributed by atoms with Gasteiger partial charge in [0.25, 0.3) is 0 Å². The van der Waals surface area contributed by atoms with Crippen molar-refractivity contribution in [3.05, 3.63) is 59.7 Å². The van der Waals surface area contributed by atoms with Crippen molar-refractivity contribution in [1.29, 1.82) is 0 Å². The minimum absolute atomic E-state index is 0.0189. The Balaban J connectivity index is 1.66. The zero-order chi connectivity index (χ0) is 17.6. The Morgan fingerprint density at radius 1 is 1.24 bits per heavy atom. The molecule has 1 aliphatic rings. The molecule has 0 N–H and O–H groups in total. The second kappa shape index (κ2) is 8.21. The van der Waals surface area contributed by atoms with Crippen molar-refractivity contribution < 1.29 is 4.79 Å². The number of aromatic nitrogens is 2. The van der Waals surface area contributed by atoms with Gasteiger partial charge in [0, 0.05) is 25.7 Å². The van der Waals surface area contributed by atoms with E-state index in [2.05, 4.69) is 22.0 Å². The summed E-state index contributed by atoms with van der Waals surface area (Å²) in [7, 11) is 4.05. The van der Waals surface area contributed by atoms with Crippen molar-refractivity contribution >= 4 is 5.91 Å². The van der Waals surface area contributed by atoms with E-state index in [1.807, 2.05) is 49.5 Å². The van der Waals surface area contributed by atoms with E-state index in [1.165, 1.54) is 5.56 Å². The van der Waals surface area contributed by atoms with E-state index in [0.717, 1.165) is 43.9 Å². The number of carbonyl (C=O) groups excluding carboxylic acids is 1. The maximum absolute atomic E-state index is 12.7. The van der Waals surface area contributed by atoms with Crippen LogP contribution in [0.25, 0.3) is 0 Å². The third kappa shape index (κ3) is 4.63. The van der Waals surface area contributed by atoms with Gasteiger partial charge in [0.2, 0.25) is 5.91 Å². The van der Waals surface area contributed by atoms with Gasteiger partial charge >= 0.3 is 0 Å². The first kappa shape index (κ1) is 17.5. The van der Waals surface area contributed by atoms with Gasteiger partial charge in [-0.25, -0.2) is 9.97 Å². The Hall–Kier alpha value is -2.27. The third-order valence-corrected chi connectivity index (χ3v) is 4.55. The minimum atomic E-state index is 0.0189. The van der Waals surface area contributed by atoms with E-state index >= 15 is 0 Å². The highest BCUT2D eigenvalue weighted by Gasteiger charge is 2.31. The molecule has 1 atom stereocenters. The van der Waals surface area contributed by atoms with Gasteiger partial charge < -0.3 is 9.80 Å². The lowest BCUT2D eigenvalue weighted by molar-refractivity contribution is -0.132. The van der Waals surface area contributed by atoms with Crippen molar-refractivity contribution in [2.24, 2.45) is 0 Å². The van der Waals surface area contributed by atoms with Crippen LogP contribution < -0.4 is 0 Å². The summed E-state index contributed by atoms with van der Waals surface area (Å²) < 4.78 is 0. The topological polar surface area (TPSA) is 49.3 Å². The molecule has 25 heavy (non-hydrogen) atoms. The van der Waals surface area contributed by atoms with Crippen molar-refractivity contribution in [2.75, 3.05) is 20.6 Å². The van der Waals surface area contributed by atoms with Gasteiger partial charge in [0.15, 0.2) is 5.82 Å². The molecular formula is C20H26N4O. The van der Waals surface area contributed by atoms with E-state index in [9.17, 15) is 4.79 Å². The second-order valence-corrected chi connectivity index (χ2v) is 6.87. The molecule has 0 aliphatic carbocycles. The molecule has 132 valence electrons. The molecule has 0 bridgehead atoms. The Morgan fingerprint density at radius 3 is 2.80 bits per heavy atom. The third-order valence-electron chi connectivity index (χ3n) is 4.55. The summed E-state index contributed by atoms with van der Waals surface area (Å²) in [5.41, 5.74) is 2.20. The predicted octanol–water partition coefficient (Wildman–Crippen LogP) is 2.83. The molecule has 1 aliphatic heterocycles. The van der Waals surface area contributed by atoms with Crippen molar-refractivity contribution in [2.45, 2.75) is 38.3 Å². The van der Waals surface area contributed by atoms with Gasteiger partial charge in [-0.05, 0) is 45.0 Å². The number of aryl methyl sites for hydroxylation is 1. The molecule has 0 saturated carbocycles. The first-order chi connectivity index (χ1) is 12.1. The van der Waals surface area contributed by atoms with Crippen molar-refractivity contribution in [3.63, 3.8) is 0 Å². The van der Waals surface area contributed by atoms with E-state index < -0.39 is 0 Å². The van der Waals surface area contributed by atoms with Crippen LogP contribution in [0.15, 0.2) is 42.6 Å². The summed E-state index contributed by atoms with van der Waals surface area (Å²) in [5, 5.41) is 0. The van der Waals surface area contributed by atoms with E-state index in [4.69, 9.17) is 4.98 Å². The molecule has 3 rings (SSSR count). The number of benzene rings is 1. The fourth-order valence-electron chi connectivity index (χ4n) is 3.36. The maximum atomic E-state index is 12.7. The number of hydrogen-bond donors (Lipinski definition) is 0. The van der Waals surface area contributed by atoms with Crippen LogP contribution in [0.5, 0.6) is 0 Å². The van der Waals surface area contributed by atoms with Gasteiger partial charge in [-0.2, -0.15) is 0 Å². The van der Waals surface area contributed by atoms with Gasteiger partial charge in [-0.1, -0.05) is 30.3 Å². The first-order valence-corrected chi connectivity index (χ1v) is 8.93. The lowest BCUT2D eigenvalue weighted by Crippen LogP contribution is -2.31. The molecule has 5 heteroatoms. The summed E-state index contributed by atoms with van der Waals surface area (Å²) in [6.45, 7) is 1.59. The lowest BCUT2D eigenvalue weighted by atomic mass is 10.1. The molecule has 1 aromatic heterocycles. The van der Waals surface area contributed by atoms with Crippen LogP contribution in [-0.2, 0) is 17.8 Å². The smallest absolute Gasteiger partial charge is 0.223 e. The summed E-state index contributed by atoms with van der Waals surface area (Å²) >= 11 is 0. The SMILES string of the molecule is CN(C)Cc1ccnc([C@@H]2CCCN2C(=O)CCc2ccccc2)n1. The monoisotopic (exact) mass is 338 g/mol. The Kier molecular flexibility index (Phi) is 5.76. The molecule has 1 amide bonds. The van der Waals surface area contributed by atoms with Gasteiger partial charge in [-0.15, -0.1) is 0 Å². The summed E-state index contributed by atoms with van der Waals surface area (Å²) in [4.78, 5) is 25.9. The molecular weight excluding hydrogens is 312 g/mol. The van der Waals surface area contributed by atoms with Crippen LogP contribution >= 0.6 is 0 Å². The van der Waals surface area contributed by atoms with Gasteiger partial charge in [-0.3, -0.25) is 4.79 Å². The molecule has 2 aromatic rings. The number of rotatable bonds is 6. The van der Waals surface area contributed by atoms with E-state index in [1.54, 1.807) is 0 Å². The highest BCUT2D eigenvalue weighted by molar-refractivity contribution is 5.77. The number of carbonyl (C=O) groups is 1. The van der Waals surface area contributed by atoms with Crippen LogP contribution in [0, 0.1) is 0 Å². The van der Waals surface area contributed by atoms with Gasteiger partial charge in [0.1, 0.15) is 0 Å². The largest absolute Gasteiger partial charge is 0.332 e. The second-order valence-electron chi connectivity index (χ2n) is 6.87. The van der Waals surface area contributed by atoms with Gasteiger partial charge in [0.05, 0.1) is 11.7 Å². The zero-order valence-corrected chi connectivity index (χ0v) is 15.1. The minimum Gasteiger partial charge on any atom is -0.332 e. The highest BCUT2D eigenvalue weighted by Crippen LogP contribution is 2.30. The van der Waals surface area contributed by atoms with Crippen LogP contribution in [0.1, 0.15) is 42.4 Å². The molecule has 2 heterocycles. The summed E-state index contributed by atoms with van der Waals surface area (Å²) in [6.07, 6.45) is 5.10. The highest BCUT2D eigenvalue weighted by atomic mass is 16.2. The Morgan fingerprint density at radius 2 is 2.04 bits per heavy atom. The fourth-order valence-corrected chi connectivity index (χ4v) is 3.36. The molecule has 0 spiro atoms. The summed E-state index contributed by atoms with van der Waals surface area (Å²) in [6, 6.07) is 12.1. The zero-order valence-electron chi connectivity index (χ0n) is 15.1. The maximum Gasteiger partial charge on any atom is 0.223 e. The van der Waals surface area contributed by atoms with E-state index in [-0.39, 0.29) is 11.9 Å². The number of nitrogens with zero attached hydrogens (tertiary/aromatic N) is 4. The average Bonchev–Trinajstić information content (AvgIpc) is 3.10. The lowest BCUT2D eigenvalue weighted by Gasteiger charge is -2.24. The average molecular weight is 338 g/mol. The quantitative estimate of drug-likeness (QED) is 0.813. The predicted molar refractivity (Wildman–Crippen MR) is 97.9 cm³/mol. The van der Waals surface area contributed by atoms with Crippen LogP contribution in [0.2, 0.25) is 0 Å². The van der Waals surface area contributed by atoms with Crippen LogP contribution in [0.3, 0.4) is 0 Å². The number of likely N-dealkylation sites (tertiary alicyclic amines) is 1. The van der Waals surface area contributed by atoms with Crippen molar-refractivity contribution in [1.82, 2.24) is 19.8 Å². The number of amides is 1. The number of hydrogen-bond acceptors (Lipinski definition) is 4. The first-order valence-electron chi connectivity index (χ1n) is 8.93. The standard InChI is InChI=1S/C20H26N4O/c1-23(2)15-17-12-13-21-20(22-17)18-9-6-14-24(18)19(25)11-10-16-7-4-3-5-8-16/h3-5,7-8,12-13,18H,6,9-11,14-15H2,1-2H3/t18-/m0/s1. The van der Waals surface area contributed by atoms with Crippen LogP contribution in [-0.4, -0.2) is 46.3 Å². The normalized spacial score (nSPS) is 17.2. The molecule has 1 aromatic carbocycles.